The summed E-state index contributed by atoms with van der Waals surface area (Å²) in [6.07, 6.45) is 3.04. The number of furan rings is 1. The number of rotatable bonds is 5. The van der Waals surface area contributed by atoms with Crippen molar-refractivity contribution in [3.8, 4) is 0 Å². The maximum atomic E-state index is 5.80. The van der Waals surface area contributed by atoms with Crippen molar-refractivity contribution in [2.75, 3.05) is 13.1 Å². The van der Waals surface area contributed by atoms with Crippen LogP contribution in [0.5, 0.6) is 0 Å². The Morgan fingerprint density at radius 2 is 2.33 bits per heavy atom. The summed E-state index contributed by atoms with van der Waals surface area (Å²) < 4.78 is 7.88. The zero-order chi connectivity index (χ0) is 16.5. The van der Waals surface area contributed by atoms with Crippen LogP contribution in [0.2, 0.25) is 0 Å². The highest BCUT2D eigenvalue weighted by Gasteiger charge is 2.31. The molecule has 3 atom stereocenters. The molecule has 2 aromatic rings. The number of nitrogens with one attached hydrogen (secondary N) is 3. The molecule has 0 saturated carbocycles. The van der Waals surface area contributed by atoms with Gasteiger partial charge in [0.05, 0.1) is 12.6 Å². The van der Waals surface area contributed by atoms with E-state index < -0.39 is 0 Å². The lowest BCUT2D eigenvalue weighted by molar-refractivity contribution is 0.313. The Balaban J connectivity index is 1.35. The minimum atomic E-state index is 0.225. The quantitative estimate of drug-likeness (QED) is 0.762. The molecule has 7 heteroatoms. The standard InChI is InChI=1S/C17H26N6O/c1-3-15-20-16-7-5-13(10-23(16)22-15)18-8-12-9-19-21-17(12)14-6-4-11(2)24-14/h4,6,12-13,17-19,21H,3,5,7-10H2,1-2H3. The van der Waals surface area contributed by atoms with Crippen molar-refractivity contribution in [3.05, 3.63) is 35.3 Å². The Labute approximate surface area is 142 Å². The van der Waals surface area contributed by atoms with Gasteiger partial charge < -0.3 is 9.73 Å². The van der Waals surface area contributed by atoms with Gasteiger partial charge >= 0.3 is 0 Å². The van der Waals surface area contributed by atoms with Crippen LogP contribution in [0.1, 0.15) is 42.6 Å². The first-order valence-electron chi connectivity index (χ1n) is 8.93. The van der Waals surface area contributed by atoms with Gasteiger partial charge in [0.15, 0.2) is 5.82 Å². The lowest BCUT2D eigenvalue weighted by Gasteiger charge is -2.26. The second-order valence-electron chi connectivity index (χ2n) is 6.84. The molecule has 2 aliphatic rings. The lowest BCUT2D eigenvalue weighted by atomic mass is 9.98. The highest BCUT2D eigenvalue weighted by molar-refractivity contribution is 5.12. The second-order valence-corrected chi connectivity index (χ2v) is 6.84. The van der Waals surface area contributed by atoms with Crippen molar-refractivity contribution in [3.63, 3.8) is 0 Å². The van der Waals surface area contributed by atoms with Crippen LogP contribution >= 0.6 is 0 Å². The Morgan fingerprint density at radius 1 is 1.42 bits per heavy atom. The normalized spacial score (nSPS) is 26.7. The fourth-order valence-electron chi connectivity index (χ4n) is 3.64. The number of hydrogen-bond acceptors (Lipinski definition) is 6. The molecular formula is C17H26N6O. The molecule has 2 aromatic heterocycles. The van der Waals surface area contributed by atoms with Gasteiger partial charge in [0.25, 0.3) is 0 Å². The number of aromatic nitrogens is 3. The zero-order valence-electron chi connectivity index (χ0n) is 14.4. The van der Waals surface area contributed by atoms with Crippen LogP contribution in [0, 0.1) is 12.8 Å². The first-order chi connectivity index (χ1) is 11.7. The highest BCUT2D eigenvalue weighted by atomic mass is 16.3. The molecule has 0 amide bonds. The van der Waals surface area contributed by atoms with Crippen molar-refractivity contribution in [1.82, 2.24) is 30.9 Å². The maximum Gasteiger partial charge on any atom is 0.150 e. The van der Waals surface area contributed by atoms with Crippen molar-refractivity contribution in [2.24, 2.45) is 5.92 Å². The van der Waals surface area contributed by atoms with Crippen molar-refractivity contribution >= 4 is 0 Å². The summed E-state index contributed by atoms with van der Waals surface area (Å²) in [6.45, 7) is 6.91. The Kier molecular flexibility index (Phi) is 4.39. The lowest BCUT2D eigenvalue weighted by Crippen LogP contribution is -2.41. The molecule has 0 aliphatic carbocycles. The molecule has 2 aliphatic heterocycles. The van der Waals surface area contributed by atoms with E-state index in [0.29, 0.717) is 12.0 Å². The minimum Gasteiger partial charge on any atom is -0.465 e. The third-order valence-corrected chi connectivity index (χ3v) is 5.05. The average Bonchev–Trinajstić information content (AvgIpc) is 3.30. The van der Waals surface area contributed by atoms with Gasteiger partial charge in [-0.25, -0.2) is 15.1 Å². The van der Waals surface area contributed by atoms with Crippen LogP contribution in [0.3, 0.4) is 0 Å². The SMILES string of the molecule is CCc1nc2n(n1)CC(NCC1CNNC1c1ccc(C)o1)CC2. The van der Waals surface area contributed by atoms with E-state index in [2.05, 4.69) is 43.9 Å². The van der Waals surface area contributed by atoms with Crippen LogP contribution in [0.25, 0.3) is 0 Å². The minimum absolute atomic E-state index is 0.225. The van der Waals surface area contributed by atoms with E-state index in [1.54, 1.807) is 0 Å². The van der Waals surface area contributed by atoms with E-state index in [1.807, 2.05) is 13.0 Å². The molecule has 1 fully saturated rings. The van der Waals surface area contributed by atoms with Gasteiger partial charge in [-0.15, -0.1) is 0 Å². The van der Waals surface area contributed by atoms with Gasteiger partial charge in [-0.3, -0.25) is 5.43 Å². The molecule has 24 heavy (non-hydrogen) atoms. The van der Waals surface area contributed by atoms with Crippen LogP contribution < -0.4 is 16.2 Å². The third-order valence-electron chi connectivity index (χ3n) is 5.05. The number of hydrazine groups is 1. The maximum absolute atomic E-state index is 5.80. The fraction of sp³-hybridized carbons (Fsp3) is 0.647. The summed E-state index contributed by atoms with van der Waals surface area (Å²) in [5, 5.41) is 8.32. The van der Waals surface area contributed by atoms with E-state index in [0.717, 1.165) is 62.1 Å². The van der Waals surface area contributed by atoms with Crippen molar-refractivity contribution < 1.29 is 4.42 Å². The molecule has 1 saturated heterocycles. The molecule has 0 spiro atoms. The van der Waals surface area contributed by atoms with Gasteiger partial charge in [0, 0.05) is 37.9 Å². The summed E-state index contributed by atoms with van der Waals surface area (Å²) in [6, 6.07) is 4.78. The molecule has 3 N–H and O–H groups in total. The third kappa shape index (κ3) is 3.11. The second kappa shape index (κ2) is 6.66. The summed E-state index contributed by atoms with van der Waals surface area (Å²) in [5.74, 6) is 4.54. The molecule has 130 valence electrons. The molecule has 3 unspecified atom stereocenters. The Hall–Kier alpha value is -1.70. The van der Waals surface area contributed by atoms with Crippen molar-refractivity contribution in [2.45, 2.75) is 51.7 Å². The average molecular weight is 330 g/mol. The van der Waals surface area contributed by atoms with E-state index in [1.165, 1.54) is 0 Å². The molecular weight excluding hydrogens is 304 g/mol. The van der Waals surface area contributed by atoms with E-state index >= 15 is 0 Å². The van der Waals surface area contributed by atoms with Crippen LogP contribution in [-0.2, 0) is 19.4 Å². The number of hydrogen-bond donors (Lipinski definition) is 3. The van der Waals surface area contributed by atoms with Gasteiger partial charge in [-0.1, -0.05) is 6.92 Å². The summed E-state index contributed by atoms with van der Waals surface area (Å²) in [7, 11) is 0. The molecule has 4 rings (SSSR count). The largest absolute Gasteiger partial charge is 0.465 e. The van der Waals surface area contributed by atoms with Gasteiger partial charge in [-0.05, 0) is 25.5 Å². The van der Waals surface area contributed by atoms with Crippen molar-refractivity contribution in [1.29, 1.82) is 0 Å². The Bertz CT molecular complexity index is 693. The zero-order valence-corrected chi connectivity index (χ0v) is 14.4. The highest BCUT2D eigenvalue weighted by Crippen LogP contribution is 2.26. The van der Waals surface area contributed by atoms with E-state index in [9.17, 15) is 0 Å². The number of aryl methyl sites for hydroxylation is 3. The predicted octanol–water partition coefficient (Wildman–Crippen LogP) is 1.11. The van der Waals surface area contributed by atoms with Gasteiger partial charge in [-0.2, -0.15) is 5.10 Å². The van der Waals surface area contributed by atoms with Gasteiger partial charge in [0.2, 0.25) is 0 Å². The van der Waals surface area contributed by atoms with E-state index in [4.69, 9.17) is 4.42 Å². The fourth-order valence-corrected chi connectivity index (χ4v) is 3.64. The van der Waals surface area contributed by atoms with Crippen LogP contribution in [0.15, 0.2) is 16.5 Å². The van der Waals surface area contributed by atoms with Crippen LogP contribution in [-0.4, -0.2) is 33.9 Å². The topological polar surface area (TPSA) is 79.9 Å². The Morgan fingerprint density at radius 3 is 3.12 bits per heavy atom. The summed E-state index contributed by atoms with van der Waals surface area (Å²) in [4.78, 5) is 4.59. The summed E-state index contributed by atoms with van der Waals surface area (Å²) in [5.41, 5.74) is 6.61. The van der Waals surface area contributed by atoms with Gasteiger partial charge in [0.1, 0.15) is 17.3 Å². The first kappa shape index (κ1) is 15.8. The molecule has 7 nitrogen and oxygen atoms in total. The smallest absolute Gasteiger partial charge is 0.150 e. The molecule has 0 radical (unpaired) electrons. The monoisotopic (exact) mass is 330 g/mol. The van der Waals surface area contributed by atoms with E-state index in [-0.39, 0.29) is 6.04 Å². The summed E-state index contributed by atoms with van der Waals surface area (Å²) >= 11 is 0. The number of fused-ring (bicyclic) bond motifs is 1. The molecule has 4 heterocycles. The predicted molar refractivity (Wildman–Crippen MR) is 90.3 cm³/mol. The van der Waals surface area contributed by atoms with Crippen LogP contribution in [0.4, 0.5) is 0 Å². The first-order valence-corrected chi connectivity index (χ1v) is 8.93. The number of nitrogens with zero attached hydrogens (tertiary/aromatic N) is 3. The molecule has 0 bridgehead atoms. The molecule has 0 aromatic carbocycles.